The lowest BCUT2D eigenvalue weighted by Gasteiger charge is -2.36. The smallest absolute Gasteiger partial charge is 0.277 e. The molecule has 2 aliphatic carbocycles. The molecular formula is C19H19ClN4O4. The van der Waals surface area contributed by atoms with Crippen LogP contribution < -0.4 is 10.7 Å². The summed E-state index contributed by atoms with van der Waals surface area (Å²) in [5.41, 5.74) is 2.61. The Morgan fingerprint density at radius 2 is 1.93 bits per heavy atom. The molecule has 0 radical (unpaired) electrons. The maximum atomic E-state index is 12.8. The maximum absolute atomic E-state index is 12.8. The van der Waals surface area contributed by atoms with Gasteiger partial charge in [0.2, 0.25) is 11.8 Å². The summed E-state index contributed by atoms with van der Waals surface area (Å²) in [6.07, 6.45) is 5.00. The van der Waals surface area contributed by atoms with Crippen molar-refractivity contribution in [3.8, 4) is 0 Å². The zero-order chi connectivity index (χ0) is 19.8. The third kappa shape index (κ3) is 3.40. The Balaban J connectivity index is 1.44. The second kappa shape index (κ2) is 7.35. The van der Waals surface area contributed by atoms with Gasteiger partial charge < -0.3 is 0 Å². The van der Waals surface area contributed by atoms with E-state index in [0.29, 0.717) is 22.4 Å². The zero-order valence-electron chi connectivity index (χ0n) is 14.9. The number of fused-ring (bicyclic) bond motifs is 2. The number of amides is 5. The van der Waals surface area contributed by atoms with Gasteiger partial charge in [-0.1, -0.05) is 18.0 Å². The van der Waals surface area contributed by atoms with Crippen molar-refractivity contribution >= 4 is 41.6 Å². The standard InChI is InChI=1S/C19H19ClN4O4/c20-13-5-3-11(4-6-13)16(25)23-21-9-14-17(26)22-19(28)24(18(14)27)15-8-10-1-2-12(15)7-10/h3-6,9-10,12,14-15H,1-2,7-8H2,(H,23,25)(H,22,26,28)/b21-9-/t10-,12-,14+,15-/m0/s1. The average Bonchev–Trinajstić information content (AvgIpc) is 3.28. The molecule has 1 heterocycles. The fraction of sp³-hybridized carbons (Fsp3) is 0.421. The zero-order valence-corrected chi connectivity index (χ0v) is 15.7. The Morgan fingerprint density at radius 3 is 2.57 bits per heavy atom. The van der Waals surface area contributed by atoms with E-state index in [2.05, 4.69) is 15.8 Å². The molecule has 2 N–H and O–H groups in total. The molecule has 4 atom stereocenters. The van der Waals surface area contributed by atoms with Crippen molar-refractivity contribution in [1.82, 2.24) is 15.6 Å². The first kappa shape index (κ1) is 18.6. The fourth-order valence-electron chi connectivity index (χ4n) is 4.41. The molecule has 1 aliphatic heterocycles. The molecule has 1 aromatic rings. The Kier molecular flexibility index (Phi) is 4.89. The van der Waals surface area contributed by atoms with Gasteiger partial charge >= 0.3 is 6.03 Å². The van der Waals surface area contributed by atoms with Crippen LogP contribution in [0.25, 0.3) is 0 Å². The van der Waals surface area contributed by atoms with Gasteiger partial charge in [-0.2, -0.15) is 5.10 Å². The highest BCUT2D eigenvalue weighted by Crippen LogP contribution is 2.47. The second-order valence-electron chi connectivity index (χ2n) is 7.45. The second-order valence-corrected chi connectivity index (χ2v) is 7.88. The number of hydrogen-bond donors (Lipinski definition) is 2. The van der Waals surface area contributed by atoms with Crippen molar-refractivity contribution in [3.05, 3.63) is 34.9 Å². The third-order valence-electron chi connectivity index (χ3n) is 5.76. The Labute approximate surface area is 166 Å². The lowest BCUT2D eigenvalue weighted by molar-refractivity contribution is -0.141. The first-order valence-electron chi connectivity index (χ1n) is 9.21. The molecule has 28 heavy (non-hydrogen) atoms. The van der Waals surface area contributed by atoms with Crippen molar-refractivity contribution in [1.29, 1.82) is 0 Å². The van der Waals surface area contributed by atoms with Gasteiger partial charge in [0.05, 0.1) is 0 Å². The lowest BCUT2D eigenvalue weighted by Crippen LogP contribution is -2.62. The third-order valence-corrected chi connectivity index (χ3v) is 6.02. The molecule has 2 saturated carbocycles. The summed E-state index contributed by atoms with van der Waals surface area (Å²) in [7, 11) is 0. The highest BCUT2D eigenvalue weighted by atomic mass is 35.5. The Bertz CT molecular complexity index is 869. The molecule has 9 heteroatoms. The van der Waals surface area contributed by atoms with E-state index < -0.39 is 29.7 Å². The van der Waals surface area contributed by atoms with Gasteiger partial charge in [-0.3, -0.25) is 24.6 Å². The number of carbonyl (C=O) groups excluding carboxylic acids is 4. The van der Waals surface area contributed by atoms with E-state index in [-0.39, 0.29) is 6.04 Å². The molecule has 2 bridgehead atoms. The lowest BCUT2D eigenvalue weighted by atomic mass is 9.92. The van der Waals surface area contributed by atoms with Crippen LogP contribution in [0.2, 0.25) is 5.02 Å². The summed E-state index contributed by atoms with van der Waals surface area (Å²) in [5, 5.41) is 6.48. The molecule has 0 spiro atoms. The number of hydrazone groups is 1. The van der Waals surface area contributed by atoms with E-state index in [1.807, 2.05) is 0 Å². The van der Waals surface area contributed by atoms with E-state index >= 15 is 0 Å². The maximum Gasteiger partial charge on any atom is 0.331 e. The predicted molar refractivity (Wildman–Crippen MR) is 101 cm³/mol. The minimum absolute atomic E-state index is 0.168. The van der Waals surface area contributed by atoms with Crippen molar-refractivity contribution in [2.75, 3.05) is 0 Å². The van der Waals surface area contributed by atoms with Crippen LogP contribution in [-0.2, 0) is 9.59 Å². The Morgan fingerprint density at radius 1 is 1.18 bits per heavy atom. The monoisotopic (exact) mass is 402 g/mol. The topological polar surface area (TPSA) is 108 Å². The molecule has 3 fully saturated rings. The quantitative estimate of drug-likeness (QED) is 0.455. The number of urea groups is 1. The first-order chi connectivity index (χ1) is 13.4. The van der Waals surface area contributed by atoms with Crippen LogP contribution >= 0.6 is 11.6 Å². The SMILES string of the molecule is O=C(N/N=C\[C@@H]1C(=O)NC(=O)N([C@H]2C[C@H]3CC[C@H]2C3)C1=O)c1ccc(Cl)cc1. The highest BCUT2D eigenvalue weighted by molar-refractivity contribution is 6.30. The van der Waals surface area contributed by atoms with Crippen LogP contribution in [0.4, 0.5) is 4.79 Å². The summed E-state index contributed by atoms with van der Waals surface area (Å²) in [6, 6.07) is 5.36. The highest BCUT2D eigenvalue weighted by Gasteiger charge is 2.50. The van der Waals surface area contributed by atoms with Crippen LogP contribution in [0.1, 0.15) is 36.0 Å². The van der Waals surface area contributed by atoms with Gasteiger partial charge in [-0.15, -0.1) is 0 Å². The number of barbiturate groups is 1. The molecule has 146 valence electrons. The molecule has 4 rings (SSSR count). The normalized spacial score (nSPS) is 29.5. The van der Waals surface area contributed by atoms with Crippen molar-refractivity contribution in [2.45, 2.75) is 31.7 Å². The summed E-state index contributed by atoms with van der Waals surface area (Å²) >= 11 is 5.78. The van der Waals surface area contributed by atoms with Crippen molar-refractivity contribution in [3.63, 3.8) is 0 Å². The molecule has 0 unspecified atom stereocenters. The predicted octanol–water partition coefficient (Wildman–Crippen LogP) is 1.94. The van der Waals surface area contributed by atoms with E-state index in [4.69, 9.17) is 11.6 Å². The van der Waals surface area contributed by atoms with E-state index in [9.17, 15) is 19.2 Å². The van der Waals surface area contributed by atoms with Gasteiger partial charge in [-0.05, 0) is 55.4 Å². The van der Waals surface area contributed by atoms with Crippen molar-refractivity contribution < 1.29 is 19.2 Å². The number of carbonyl (C=O) groups is 4. The number of benzene rings is 1. The van der Waals surface area contributed by atoms with Gasteiger partial charge in [0.1, 0.15) is 0 Å². The fourth-order valence-corrected chi connectivity index (χ4v) is 4.54. The van der Waals surface area contributed by atoms with Gasteiger partial charge in [0, 0.05) is 22.8 Å². The molecule has 3 aliphatic rings. The molecule has 5 amide bonds. The first-order valence-corrected chi connectivity index (χ1v) is 9.59. The number of hydrogen-bond acceptors (Lipinski definition) is 5. The minimum atomic E-state index is -1.25. The molecular weight excluding hydrogens is 384 g/mol. The van der Waals surface area contributed by atoms with Crippen LogP contribution in [0.5, 0.6) is 0 Å². The summed E-state index contributed by atoms with van der Waals surface area (Å²) in [6.45, 7) is 0. The molecule has 8 nitrogen and oxygen atoms in total. The number of nitrogens with one attached hydrogen (secondary N) is 2. The van der Waals surface area contributed by atoms with Crippen molar-refractivity contribution in [2.24, 2.45) is 22.9 Å². The number of imide groups is 2. The van der Waals surface area contributed by atoms with Crippen LogP contribution in [-0.4, -0.2) is 40.9 Å². The molecule has 1 aromatic carbocycles. The van der Waals surface area contributed by atoms with E-state index in [1.54, 1.807) is 12.1 Å². The van der Waals surface area contributed by atoms with Crippen LogP contribution in [0.3, 0.4) is 0 Å². The number of halogens is 1. The molecule has 1 saturated heterocycles. The average molecular weight is 403 g/mol. The summed E-state index contributed by atoms with van der Waals surface area (Å²) < 4.78 is 0. The largest absolute Gasteiger partial charge is 0.331 e. The minimum Gasteiger partial charge on any atom is -0.277 e. The summed E-state index contributed by atoms with van der Waals surface area (Å²) in [4.78, 5) is 50.4. The van der Waals surface area contributed by atoms with Gasteiger partial charge in [0.15, 0.2) is 5.92 Å². The number of nitrogens with zero attached hydrogens (tertiary/aromatic N) is 2. The number of rotatable bonds is 4. The van der Waals surface area contributed by atoms with Gasteiger partial charge in [0.25, 0.3) is 5.91 Å². The molecule has 0 aromatic heterocycles. The Hall–Kier alpha value is -2.74. The van der Waals surface area contributed by atoms with E-state index in [1.165, 1.54) is 17.0 Å². The summed E-state index contributed by atoms with van der Waals surface area (Å²) in [5.74, 6) is -2.23. The van der Waals surface area contributed by atoms with Gasteiger partial charge in [-0.25, -0.2) is 10.2 Å². The van der Waals surface area contributed by atoms with Crippen LogP contribution in [0.15, 0.2) is 29.4 Å². The van der Waals surface area contributed by atoms with E-state index in [0.717, 1.165) is 31.9 Å². The van der Waals surface area contributed by atoms with Crippen LogP contribution in [0, 0.1) is 17.8 Å².